The minimum Gasteiger partial charge on any atom is -0.392 e. The normalized spacial score (nSPS) is 24.1. The summed E-state index contributed by atoms with van der Waals surface area (Å²) in [5, 5.41) is 16.7. The Kier molecular flexibility index (Phi) is 4.48. The average Bonchev–Trinajstić information content (AvgIpc) is 2.44. The second-order valence-electron chi connectivity index (χ2n) is 6.10. The van der Waals surface area contributed by atoms with Gasteiger partial charge in [-0.2, -0.15) is 0 Å². The van der Waals surface area contributed by atoms with Crippen molar-refractivity contribution in [1.82, 2.24) is 9.97 Å². The van der Waals surface area contributed by atoms with Gasteiger partial charge in [0.1, 0.15) is 18.0 Å². The van der Waals surface area contributed by atoms with Crippen molar-refractivity contribution < 1.29 is 5.11 Å². The van der Waals surface area contributed by atoms with Crippen molar-refractivity contribution in [2.75, 3.05) is 17.2 Å². The zero-order chi connectivity index (χ0) is 14.8. The molecule has 0 spiro atoms. The summed E-state index contributed by atoms with van der Waals surface area (Å²) in [5.41, 5.74) is 1.02. The van der Waals surface area contributed by atoms with Gasteiger partial charge in [0.2, 0.25) is 0 Å². The summed E-state index contributed by atoms with van der Waals surface area (Å²) in [5.74, 6) is 1.82. The average molecular weight is 278 g/mol. The highest BCUT2D eigenvalue weighted by molar-refractivity contribution is 5.58. The smallest absolute Gasteiger partial charge is 0.134 e. The molecule has 1 heterocycles. The Morgan fingerprint density at radius 3 is 2.55 bits per heavy atom. The molecule has 0 aliphatic heterocycles. The first-order chi connectivity index (χ1) is 9.50. The highest BCUT2D eigenvalue weighted by Gasteiger charge is 2.47. The first-order valence-electron chi connectivity index (χ1n) is 7.53. The third kappa shape index (κ3) is 2.73. The lowest BCUT2D eigenvalue weighted by Gasteiger charge is -2.49. The molecule has 1 fully saturated rings. The lowest BCUT2D eigenvalue weighted by molar-refractivity contribution is -0.0511. The number of anilines is 2. The molecule has 0 aromatic carbocycles. The van der Waals surface area contributed by atoms with Gasteiger partial charge in [0.25, 0.3) is 0 Å². The van der Waals surface area contributed by atoms with Gasteiger partial charge in [0.15, 0.2) is 0 Å². The lowest BCUT2D eigenvalue weighted by atomic mass is 9.64. The minimum atomic E-state index is -0.232. The quantitative estimate of drug-likeness (QED) is 0.745. The van der Waals surface area contributed by atoms with E-state index in [9.17, 15) is 5.11 Å². The molecular formula is C15H26N4O. The van der Waals surface area contributed by atoms with Crippen LogP contribution in [0.25, 0.3) is 0 Å². The van der Waals surface area contributed by atoms with E-state index in [1.807, 2.05) is 0 Å². The third-order valence-electron chi connectivity index (χ3n) is 4.37. The second-order valence-corrected chi connectivity index (χ2v) is 6.10. The molecule has 112 valence electrons. The van der Waals surface area contributed by atoms with Crippen LogP contribution in [0.1, 0.15) is 46.1 Å². The van der Waals surface area contributed by atoms with E-state index in [-0.39, 0.29) is 17.6 Å². The molecule has 0 amide bonds. The van der Waals surface area contributed by atoms with Crippen LogP contribution in [0.4, 0.5) is 11.6 Å². The van der Waals surface area contributed by atoms with Crippen LogP contribution in [0.2, 0.25) is 0 Å². The molecule has 5 nitrogen and oxygen atoms in total. The zero-order valence-electron chi connectivity index (χ0n) is 12.9. The first-order valence-corrected chi connectivity index (χ1v) is 7.53. The van der Waals surface area contributed by atoms with Crippen LogP contribution in [0, 0.1) is 5.41 Å². The van der Waals surface area contributed by atoms with E-state index in [1.165, 1.54) is 0 Å². The number of hydrogen-bond acceptors (Lipinski definition) is 5. The van der Waals surface area contributed by atoms with Crippen molar-refractivity contribution in [3.63, 3.8) is 0 Å². The van der Waals surface area contributed by atoms with Gasteiger partial charge in [-0.25, -0.2) is 9.97 Å². The Balaban J connectivity index is 2.15. The summed E-state index contributed by atoms with van der Waals surface area (Å²) in [4.78, 5) is 8.73. The van der Waals surface area contributed by atoms with E-state index >= 15 is 0 Å². The summed E-state index contributed by atoms with van der Waals surface area (Å²) >= 11 is 0. The Labute approximate surface area is 121 Å². The highest BCUT2D eigenvalue weighted by Crippen LogP contribution is 2.42. The van der Waals surface area contributed by atoms with Crippen molar-refractivity contribution in [2.24, 2.45) is 5.41 Å². The number of nitrogens with zero attached hydrogens (tertiary/aromatic N) is 2. The van der Waals surface area contributed by atoms with E-state index in [4.69, 9.17) is 0 Å². The fourth-order valence-corrected chi connectivity index (χ4v) is 2.58. The summed E-state index contributed by atoms with van der Waals surface area (Å²) in [7, 11) is 0. The number of aliphatic hydroxyl groups excluding tert-OH is 1. The number of aromatic nitrogens is 2. The van der Waals surface area contributed by atoms with Gasteiger partial charge in [0, 0.05) is 23.6 Å². The Morgan fingerprint density at radius 2 is 2.00 bits per heavy atom. The Morgan fingerprint density at radius 1 is 1.30 bits per heavy atom. The van der Waals surface area contributed by atoms with Crippen LogP contribution in [0.15, 0.2) is 6.33 Å². The maximum Gasteiger partial charge on any atom is 0.134 e. The summed E-state index contributed by atoms with van der Waals surface area (Å²) in [6, 6.07) is 0.261. The molecule has 5 heteroatoms. The molecule has 1 aliphatic carbocycles. The van der Waals surface area contributed by atoms with Crippen LogP contribution >= 0.6 is 0 Å². The van der Waals surface area contributed by atoms with E-state index in [0.29, 0.717) is 0 Å². The number of aliphatic hydroxyl groups is 1. The fraction of sp³-hybridized carbons (Fsp3) is 0.733. The monoisotopic (exact) mass is 278 g/mol. The predicted octanol–water partition coefficient (Wildman–Crippen LogP) is 2.43. The van der Waals surface area contributed by atoms with Crippen molar-refractivity contribution >= 4 is 11.6 Å². The summed E-state index contributed by atoms with van der Waals surface area (Å²) < 4.78 is 0. The van der Waals surface area contributed by atoms with Gasteiger partial charge >= 0.3 is 0 Å². The summed E-state index contributed by atoms with van der Waals surface area (Å²) in [6.45, 7) is 9.33. The van der Waals surface area contributed by atoms with Gasteiger partial charge in [-0.3, -0.25) is 0 Å². The Hall–Kier alpha value is -1.36. The van der Waals surface area contributed by atoms with E-state index in [2.05, 4.69) is 48.3 Å². The SMILES string of the molecule is CCCNc1ncnc(NC2CC(O)C2(C)C)c1CC. The van der Waals surface area contributed by atoms with Crippen LogP contribution < -0.4 is 10.6 Å². The molecule has 2 unspecified atom stereocenters. The topological polar surface area (TPSA) is 70.1 Å². The van der Waals surface area contributed by atoms with Crippen molar-refractivity contribution in [2.45, 2.75) is 59.1 Å². The molecule has 20 heavy (non-hydrogen) atoms. The van der Waals surface area contributed by atoms with Crippen molar-refractivity contribution in [1.29, 1.82) is 0 Å². The molecule has 1 aliphatic rings. The highest BCUT2D eigenvalue weighted by atomic mass is 16.3. The van der Waals surface area contributed by atoms with Gasteiger partial charge in [-0.1, -0.05) is 27.7 Å². The molecule has 2 atom stereocenters. The lowest BCUT2D eigenvalue weighted by Crippen LogP contribution is -2.57. The van der Waals surface area contributed by atoms with Crippen LogP contribution in [-0.4, -0.2) is 33.8 Å². The second kappa shape index (κ2) is 5.95. The number of hydrogen-bond donors (Lipinski definition) is 3. The molecule has 1 aromatic heterocycles. The third-order valence-corrected chi connectivity index (χ3v) is 4.37. The van der Waals surface area contributed by atoms with Crippen molar-refractivity contribution in [3.05, 3.63) is 11.9 Å². The minimum absolute atomic E-state index is 0.104. The van der Waals surface area contributed by atoms with Crippen LogP contribution in [0.5, 0.6) is 0 Å². The molecule has 3 N–H and O–H groups in total. The fourth-order valence-electron chi connectivity index (χ4n) is 2.58. The summed E-state index contributed by atoms with van der Waals surface area (Å²) in [6.07, 6.45) is 4.09. The van der Waals surface area contributed by atoms with E-state index in [1.54, 1.807) is 6.33 Å². The maximum atomic E-state index is 9.84. The maximum absolute atomic E-state index is 9.84. The number of nitrogens with one attached hydrogen (secondary N) is 2. The molecule has 1 saturated carbocycles. The van der Waals surface area contributed by atoms with Crippen LogP contribution in [0.3, 0.4) is 0 Å². The molecular weight excluding hydrogens is 252 g/mol. The standard InChI is InChI=1S/C15H26N4O/c1-5-7-16-13-10(6-2)14(18-9-17-13)19-11-8-12(20)15(11,3)4/h9,11-12,20H,5-8H2,1-4H3,(H2,16,17,18,19). The zero-order valence-corrected chi connectivity index (χ0v) is 12.9. The molecule has 0 saturated heterocycles. The van der Waals surface area contributed by atoms with Gasteiger partial charge in [0.05, 0.1) is 6.10 Å². The largest absolute Gasteiger partial charge is 0.392 e. The van der Waals surface area contributed by atoms with E-state index in [0.717, 1.165) is 43.0 Å². The van der Waals surface area contributed by atoms with Crippen LogP contribution in [-0.2, 0) is 6.42 Å². The van der Waals surface area contributed by atoms with Gasteiger partial charge < -0.3 is 15.7 Å². The van der Waals surface area contributed by atoms with Crippen molar-refractivity contribution in [3.8, 4) is 0 Å². The number of rotatable bonds is 6. The van der Waals surface area contributed by atoms with Gasteiger partial charge in [-0.15, -0.1) is 0 Å². The first kappa shape index (κ1) is 15.0. The van der Waals surface area contributed by atoms with E-state index < -0.39 is 0 Å². The molecule has 0 bridgehead atoms. The predicted molar refractivity (Wildman–Crippen MR) is 82.0 cm³/mol. The molecule has 2 rings (SSSR count). The molecule has 1 aromatic rings. The van der Waals surface area contributed by atoms with Gasteiger partial charge in [-0.05, 0) is 19.3 Å². The Bertz CT molecular complexity index is 461. The molecule has 0 radical (unpaired) electrons.